The van der Waals surface area contributed by atoms with Crippen LogP contribution in [0.4, 0.5) is 17.3 Å². The molecule has 1 fully saturated rings. The van der Waals surface area contributed by atoms with E-state index in [9.17, 15) is 4.79 Å². The van der Waals surface area contributed by atoms with Gasteiger partial charge in [-0.15, -0.1) is 0 Å². The maximum atomic E-state index is 11.9. The van der Waals surface area contributed by atoms with Gasteiger partial charge in [0.05, 0.1) is 0 Å². The predicted molar refractivity (Wildman–Crippen MR) is 82.1 cm³/mol. The highest BCUT2D eigenvalue weighted by Crippen LogP contribution is 2.20. The van der Waals surface area contributed by atoms with Gasteiger partial charge in [0.25, 0.3) is 5.56 Å². The molecule has 0 spiro atoms. The van der Waals surface area contributed by atoms with Crippen LogP contribution in [0.25, 0.3) is 0 Å². The Bertz CT molecular complexity index is 664. The van der Waals surface area contributed by atoms with E-state index >= 15 is 0 Å². The minimum absolute atomic E-state index is 0.237. The summed E-state index contributed by atoms with van der Waals surface area (Å²) in [5.74, 6) is 1.47. The minimum Gasteiger partial charge on any atom is -0.355 e. The van der Waals surface area contributed by atoms with Gasteiger partial charge in [-0.05, 0) is 26.2 Å². The molecule has 1 aliphatic rings. The summed E-state index contributed by atoms with van der Waals surface area (Å²) < 4.78 is 1.77. The van der Waals surface area contributed by atoms with Crippen LogP contribution in [0.3, 0.4) is 0 Å². The highest BCUT2D eigenvalue weighted by Gasteiger charge is 2.14. The summed E-state index contributed by atoms with van der Waals surface area (Å²) >= 11 is 0. The first-order valence-corrected chi connectivity index (χ1v) is 7.26. The number of aryl methyl sites for hydroxylation is 2. The van der Waals surface area contributed by atoms with Gasteiger partial charge < -0.3 is 10.2 Å². The van der Waals surface area contributed by atoms with E-state index in [1.54, 1.807) is 10.7 Å². The van der Waals surface area contributed by atoms with E-state index in [1.165, 1.54) is 19.3 Å². The smallest absolute Gasteiger partial charge is 0.288 e. The fourth-order valence-corrected chi connectivity index (χ4v) is 2.53. The van der Waals surface area contributed by atoms with Crippen molar-refractivity contribution in [2.45, 2.75) is 26.2 Å². The molecule has 2 aromatic heterocycles. The molecule has 0 unspecified atom stereocenters. The Hall–Kier alpha value is -2.31. The lowest BCUT2D eigenvalue weighted by Gasteiger charge is -2.27. The second-order valence-corrected chi connectivity index (χ2v) is 5.44. The van der Waals surface area contributed by atoms with Crippen molar-refractivity contribution in [3.63, 3.8) is 0 Å². The Morgan fingerprint density at radius 2 is 2.00 bits per heavy atom. The van der Waals surface area contributed by atoms with Gasteiger partial charge in [-0.25, -0.2) is 5.10 Å². The largest absolute Gasteiger partial charge is 0.355 e. The molecule has 112 valence electrons. The van der Waals surface area contributed by atoms with Crippen LogP contribution in [0.1, 0.15) is 25.0 Å². The molecule has 0 bridgehead atoms. The molecule has 2 N–H and O–H groups in total. The molecule has 1 aliphatic heterocycles. The topological polar surface area (TPSA) is 78.8 Å². The van der Waals surface area contributed by atoms with Gasteiger partial charge in [-0.2, -0.15) is 10.2 Å². The van der Waals surface area contributed by atoms with Crippen molar-refractivity contribution in [3.05, 3.63) is 28.2 Å². The molecule has 7 heteroatoms. The summed E-state index contributed by atoms with van der Waals surface area (Å²) in [7, 11) is 1.87. The molecule has 7 nitrogen and oxygen atoms in total. The summed E-state index contributed by atoms with van der Waals surface area (Å²) in [4.78, 5) is 14.1. The van der Waals surface area contributed by atoms with Crippen LogP contribution in [-0.2, 0) is 7.05 Å². The second-order valence-electron chi connectivity index (χ2n) is 5.44. The van der Waals surface area contributed by atoms with E-state index in [1.807, 2.05) is 20.0 Å². The van der Waals surface area contributed by atoms with Crippen molar-refractivity contribution < 1.29 is 0 Å². The van der Waals surface area contributed by atoms with Gasteiger partial charge in [0.15, 0.2) is 11.6 Å². The zero-order valence-corrected chi connectivity index (χ0v) is 12.4. The first-order valence-electron chi connectivity index (χ1n) is 7.26. The fourth-order valence-electron chi connectivity index (χ4n) is 2.53. The molecule has 2 aromatic rings. The molecule has 0 amide bonds. The Labute approximate surface area is 123 Å². The fraction of sp³-hybridized carbons (Fsp3) is 0.500. The molecule has 3 rings (SSSR count). The van der Waals surface area contributed by atoms with Crippen molar-refractivity contribution in [1.29, 1.82) is 0 Å². The SMILES string of the molecule is Cc1cc(Nc2cc(N3CCCCC3)n[nH]c2=O)nn1C. The van der Waals surface area contributed by atoms with Gasteiger partial charge in [0.1, 0.15) is 5.69 Å². The standard InChI is InChI=1S/C14H20N6O/c1-10-8-12(18-19(10)2)15-11-9-13(16-17-14(11)21)20-6-4-3-5-7-20/h8-9H,3-7H2,1-2H3,(H,17,21)(H,15,16,18). The Morgan fingerprint density at radius 3 is 2.67 bits per heavy atom. The van der Waals surface area contributed by atoms with Crippen LogP contribution in [0, 0.1) is 6.92 Å². The summed E-state index contributed by atoms with van der Waals surface area (Å²) in [6.07, 6.45) is 3.60. The molecule has 1 saturated heterocycles. The van der Waals surface area contributed by atoms with E-state index in [0.29, 0.717) is 11.5 Å². The van der Waals surface area contributed by atoms with E-state index in [2.05, 4.69) is 25.5 Å². The molecule has 0 radical (unpaired) electrons. The summed E-state index contributed by atoms with van der Waals surface area (Å²) in [5, 5.41) is 14.1. The third-order valence-corrected chi connectivity index (χ3v) is 3.85. The number of nitrogens with one attached hydrogen (secondary N) is 2. The number of nitrogens with zero attached hydrogens (tertiary/aromatic N) is 4. The third-order valence-electron chi connectivity index (χ3n) is 3.85. The average Bonchev–Trinajstić information content (AvgIpc) is 2.80. The second kappa shape index (κ2) is 5.59. The van der Waals surface area contributed by atoms with Crippen molar-refractivity contribution in [3.8, 4) is 0 Å². The molecule has 0 atom stereocenters. The lowest BCUT2D eigenvalue weighted by atomic mass is 10.1. The maximum absolute atomic E-state index is 11.9. The van der Waals surface area contributed by atoms with Crippen LogP contribution in [-0.4, -0.2) is 33.1 Å². The predicted octanol–water partition coefficient (Wildman–Crippen LogP) is 1.55. The van der Waals surface area contributed by atoms with E-state index in [4.69, 9.17) is 0 Å². The molecule has 3 heterocycles. The molecule has 0 saturated carbocycles. The number of hydrogen-bond acceptors (Lipinski definition) is 5. The Kier molecular flexibility index (Phi) is 3.64. The molecule has 0 aliphatic carbocycles. The highest BCUT2D eigenvalue weighted by molar-refractivity contribution is 5.59. The van der Waals surface area contributed by atoms with Crippen molar-refractivity contribution in [2.75, 3.05) is 23.3 Å². The summed E-state index contributed by atoms with van der Waals surface area (Å²) in [6, 6.07) is 3.70. The molecular weight excluding hydrogens is 268 g/mol. The number of anilines is 3. The molecule has 21 heavy (non-hydrogen) atoms. The van der Waals surface area contributed by atoms with Crippen molar-refractivity contribution in [2.24, 2.45) is 7.05 Å². The third kappa shape index (κ3) is 2.91. The Balaban J connectivity index is 1.85. The van der Waals surface area contributed by atoms with Crippen LogP contribution < -0.4 is 15.8 Å². The lowest BCUT2D eigenvalue weighted by molar-refractivity contribution is 0.571. The van der Waals surface area contributed by atoms with E-state index in [0.717, 1.165) is 24.6 Å². The van der Waals surface area contributed by atoms with Crippen molar-refractivity contribution in [1.82, 2.24) is 20.0 Å². The van der Waals surface area contributed by atoms with Gasteiger partial charge in [0.2, 0.25) is 0 Å². The average molecular weight is 288 g/mol. The number of aromatic nitrogens is 4. The maximum Gasteiger partial charge on any atom is 0.288 e. The molecule has 0 aromatic carbocycles. The number of rotatable bonds is 3. The Morgan fingerprint density at radius 1 is 1.24 bits per heavy atom. The zero-order chi connectivity index (χ0) is 14.8. The van der Waals surface area contributed by atoms with Crippen molar-refractivity contribution >= 4 is 17.3 Å². The number of hydrogen-bond donors (Lipinski definition) is 2. The van der Waals surface area contributed by atoms with Crippen LogP contribution >= 0.6 is 0 Å². The van der Waals surface area contributed by atoms with Crippen LogP contribution in [0.15, 0.2) is 16.9 Å². The minimum atomic E-state index is -0.237. The lowest BCUT2D eigenvalue weighted by Crippen LogP contribution is -2.31. The van der Waals surface area contributed by atoms with Crippen LogP contribution in [0.5, 0.6) is 0 Å². The van der Waals surface area contributed by atoms with Gasteiger partial charge >= 0.3 is 0 Å². The van der Waals surface area contributed by atoms with Gasteiger partial charge in [0, 0.05) is 38.0 Å². The first kappa shape index (κ1) is 13.7. The molecular formula is C14H20N6O. The van der Waals surface area contributed by atoms with E-state index in [-0.39, 0.29) is 5.56 Å². The normalized spacial score (nSPS) is 15.2. The van der Waals surface area contributed by atoms with Gasteiger partial charge in [-0.3, -0.25) is 9.48 Å². The number of H-pyrrole nitrogens is 1. The monoisotopic (exact) mass is 288 g/mol. The van der Waals surface area contributed by atoms with Gasteiger partial charge in [-0.1, -0.05) is 0 Å². The summed E-state index contributed by atoms with van der Waals surface area (Å²) in [6.45, 7) is 3.94. The number of aromatic amines is 1. The van der Waals surface area contributed by atoms with E-state index < -0.39 is 0 Å². The number of piperidine rings is 1. The van der Waals surface area contributed by atoms with Crippen LogP contribution in [0.2, 0.25) is 0 Å². The first-order chi connectivity index (χ1) is 10.1. The quantitative estimate of drug-likeness (QED) is 0.896. The summed E-state index contributed by atoms with van der Waals surface area (Å²) in [5.41, 5.74) is 1.27. The highest BCUT2D eigenvalue weighted by atomic mass is 16.1. The zero-order valence-electron chi connectivity index (χ0n) is 12.4.